The van der Waals surface area contributed by atoms with Crippen LogP contribution in [0, 0.1) is 17.0 Å². The van der Waals surface area contributed by atoms with Crippen molar-refractivity contribution in [1.29, 1.82) is 5.41 Å². The van der Waals surface area contributed by atoms with Crippen LogP contribution < -0.4 is 11.2 Å². The number of aromatic carboxylic acids is 1. The second kappa shape index (κ2) is 10.1. The molecule has 0 aliphatic heterocycles. The zero-order valence-electron chi connectivity index (χ0n) is 18.8. The minimum Gasteiger partial charge on any atom is -0.477 e. The lowest BCUT2D eigenvalue weighted by atomic mass is 9.99. The minimum atomic E-state index is -1.47. The van der Waals surface area contributed by atoms with Gasteiger partial charge in [0.1, 0.15) is 18.0 Å². The second-order valence-electron chi connectivity index (χ2n) is 8.37. The number of nitrogens with two attached hydrogens (primary N) is 1. The molecule has 1 fully saturated rings. The van der Waals surface area contributed by atoms with Crippen molar-refractivity contribution < 1.29 is 23.5 Å². The minimum absolute atomic E-state index is 0.181. The summed E-state index contributed by atoms with van der Waals surface area (Å²) in [6.07, 6.45) is 2.48. The van der Waals surface area contributed by atoms with Gasteiger partial charge in [0.2, 0.25) is 5.43 Å². The van der Waals surface area contributed by atoms with Crippen LogP contribution in [0.4, 0.5) is 8.78 Å². The Morgan fingerprint density at radius 2 is 1.97 bits per heavy atom. The summed E-state index contributed by atoms with van der Waals surface area (Å²) in [5.41, 5.74) is 4.13. The number of hydrogen-bond donors (Lipinski definition) is 3. The van der Waals surface area contributed by atoms with Crippen molar-refractivity contribution in [3.05, 3.63) is 81.1 Å². The number of hydrogen-bond acceptors (Lipinski definition) is 6. The maximum Gasteiger partial charge on any atom is 0.341 e. The summed E-state index contributed by atoms with van der Waals surface area (Å²) >= 11 is 0. The van der Waals surface area contributed by atoms with Gasteiger partial charge < -0.3 is 25.7 Å². The van der Waals surface area contributed by atoms with E-state index in [1.165, 1.54) is 4.57 Å². The summed E-state index contributed by atoms with van der Waals surface area (Å²) in [6.45, 7) is 0.378. The van der Waals surface area contributed by atoms with E-state index in [2.05, 4.69) is 5.16 Å². The van der Waals surface area contributed by atoms with Gasteiger partial charge in [-0.25, -0.2) is 13.6 Å². The largest absolute Gasteiger partial charge is 0.477 e. The highest BCUT2D eigenvalue weighted by molar-refractivity contribution is 6.12. The second-order valence-corrected chi connectivity index (χ2v) is 8.37. The molecule has 8 nitrogen and oxygen atoms in total. The monoisotopic (exact) mass is 482 g/mol. The van der Waals surface area contributed by atoms with Gasteiger partial charge in [0.05, 0.1) is 27.9 Å². The highest BCUT2D eigenvalue weighted by atomic mass is 19.1. The number of rotatable bonds is 10. The summed E-state index contributed by atoms with van der Waals surface area (Å²) in [5, 5.41) is 21.4. The average Bonchev–Trinajstić information content (AvgIpc) is 3.66. The number of pyridine rings is 1. The number of fused-ring (bicyclic) bond motifs is 1. The lowest BCUT2D eigenvalue weighted by molar-refractivity contribution is 0.0694. The van der Waals surface area contributed by atoms with Gasteiger partial charge in [-0.3, -0.25) is 4.79 Å². The van der Waals surface area contributed by atoms with Gasteiger partial charge in [-0.1, -0.05) is 35.5 Å². The van der Waals surface area contributed by atoms with Crippen LogP contribution in [0.5, 0.6) is 0 Å². The van der Waals surface area contributed by atoms with Crippen LogP contribution in [0.3, 0.4) is 0 Å². The molecule has 1 aliphatic carbocycles. The van der Waals surface area contributed by atoms with Crippen LogP contribution >= 0.6 is 0 Å². The van der Waals surface area contributed by atoms with E-state index in [0.29, 0.717) is 18.6 Å². The molecule has 10 heteroatoms. The molecule has 2 aromatic carbocycles. The van der Waals surface area contributed by atoms with Crippen LogP contribution in [-0.2, 0) is 11.4 Å². The van der Waals surface area contributed by atoms with Crippen molar-refractivity contribution in [3.63, 3.8) is 0 Å². The molecular formula is C25H24F2N4O4. The molecule has 1 aromatic heterocycles. The molecule has 1 saturated carbocycles. The molecule has 0 saturated heterocycles. The number of carboxylic acids is 1. The van der Waals surface area contributed by atoms with Crippen molar-refractivity contribution in [1.82, 2.24) is 4.57 Å². The quantitative estimate of drug-likeness (QED) is 0.297. The van der Waals surface area contributed by atoms with Gasteiger partial charge in [0.25, 0.3) is 0 Å². The van der Waals surface area contributed by atoms with E-state index in [9.17, 15) is 14.7 Å². The fourth-order valence-corrected chi connectivity index (χ4v) is 3.91. The van der Waals surface area contributed by atoms with E-state index in [4.69, 9.17) is 16.0 Å². The molecule has 3 aromatic rings. The third kappa shape index (κ3) is 5.12. The SMILES string of the molecule is N=C(CC(CCN)=NOCc1ccccc1)c1c(F)cc2c(=O)c(C(=O)O)cn(C3CC3)c2c1F. The standard InChI is InChI=1S/C25H24F2N4O4/c26-19-11-17-23(31(16-6-7-16)12-18(24(17)32)25(33)34)22(27)21(19)20(29)10-15(8-9-28)30-35-13-14-4-2-1-3-5-14/h1-5,11-12,16,29H,6-10,13,28H2,(H,33,34). The molecule has 4 rings (SSSR count). The zero-order chi connectivity index (χ0) is 25.1. The number of nitrogens with zero attached hydrogens (tertiary/aromatic N) is 2. The normalized spacial score (nSPS) is 13.7. The molecule has 0 atom stereocenters. The smallest absolute Gasteiger partial charge is 0.341 e. The van der Waals surface area contributed by atoms with Crippen molar-refractivity contribution in [2.24, 2.45) is 10.9 Å². The molecule has 1 aliphatic rings. The predicted molar refractivity (Wildman–Crippen MR) is 127 cm³/mol. The van der Waals surface area contributed by atoms with Gasteiger partial charge in [-0.2, -0.15) is 0 Å². The first-order valence-electron chi connectivity index (χ1n) is 11.1. The predicted octanol–water partition coefficient (Wildman–Crippen LogP) is 3.99. The number of oxime groups is 1. The number of halogens is 2. The van der Waals surface area contributed by atoms with Crippen molar-refractivity contribution in [2.45, 2.75) is 38.3 Å². The molecule has 182 valence electrons. The van der Waals surface area contributed by atoms with Crippen LogP contribution in [0.15, 0.2) is 52.5 Å². The van der Waals surface area contributed by atoms with E-state index in [0.717, 1.165) is 17.8 Å². The molecular weight excluding hydrogens is 458 g/mol. The summed E-state index contributed by atoms with van der Waals surface area (Å²) in [7, 11) is 0. The summed E-state index contributed by atoms with van der Waals surface area (Å²) in [5.74, 6) is -3.68. The van der Waals surface area contributed by atoms with E-state index in [1.807, 2.05) is 30.3 Å². The first-order valence-corrected chi connectivity index (χ1v) is 11.1. The number of nitrogens with one attached hydrogen (secondary N) is 1. The Labute approximate surface area is 199 Å². The lowest BCUT2D eigenvalue weighted by Gasteiger charge is -2.16. The third-order valence-corrected chi connectivity index (χ3v) is 5.76. The molecule has 4 N–H and O–H groups in total. The number of aromatic nitrogens is 1. The number of carbonyl (C=O) groups is 1. The van der Waals surface area contributed by atoms with Gasteiger partial charge in [0.15, 0.2) is 5.82 Å². The van der Waals surface area contributed by atoms with Crippen molar-refractivity contribution >= 4 is 28.3 Å². The zero-order valence-corrected chi connectivity index (χ0v) is 18.8. The Balaban J connectivity index is 1.69. The maximum atomic E-state index is 15.7. The molecule has 35 heavy (non-hydrogen) atoms. The van der Waals surface area contributed by atoms with Crippen molar-refractivity contribution in [2.75, 3.05) is 6.54 Å². The molecule has 0 unspecified atom stereocenters. The van der Waals surface area contributed by atoms with E-state index < -0.39 is 39.9 Å². The number of benzene rings is 2. The summed E-state index contributed by atoms with van der Waals surface area (Å²) in [4.78, 5) is 29.5. The fourth-order valence-electron chi connectivity index (χ4n) is 3.91. The first kappa shape index (κ1) is 24.2. The van der Waals surface area contributed by atoms with Crippen LogP contribution in [0.25, 0.3) is 10.9 Å². The van der Waals surface area contributed by atoms with E-state index >= 15 is 8.78 Å². The first-order chi connectivity index (χ1) is 16.8. The number of carboxylic acid groups (broad SMARTS) is 1. The third-order valence-electron chi connectivity index (χ3n) is 5.76. The average molecular weight is 482 g/mol. The Kier molecular flexibility index (Phi) is 7.02. The summed E-state index contributed by atoms with van der Waals surface area (Å²) < 4.78 is 32.1. The van der Waals surface area contributed by atoms with Crippen LogP contribution in [0.1, 0.15) is 53.2 Å². The Hall–Kier alpha value is -3.92. The van der Waals surface area contributed by atoms with Gasteiger partial charge in [-0.15, -0.1) is 0 Å². The van der Waals surface area contributed by atoms with Crippen molar-refractivity contribution in [3.8, 4) is 0 Å². The lowest BCUT2D eigenvalue weighted by Crippen LogP contribution is -2.22. The van der Waals surface area contributed by atoms with Gasteiger partial charge >= 0.3 is 5.97 Å². The Morgan fingerprint density at radius 3 is 2.60 bits per heavy atom. The van der Waals surface area contributed by atoms with Crippen LogP contribution in [-0.4, -0.2) is 33.6 Å². The fraction of sp³-hybridized carbons (Fsp3) is 0.280. The molecule has 1 heterocycles. The molecule has 0 bridgehead atoms. The van der Waals surface area contributed by atoms with Gasteiger partial charge in [0, 0.05) is 25.1 Å². The maximum absolute atomic E-state index is 15.7. The summed E-state index contributed by atoms with van der Waals surface area (Å²) in [6, 6.07) is 9.90. The highest BCUT2D eigenvalue weighted by Crippen LogP contribution is 2.38. The molecule has 0 amide bonds. The topological polar surface area (TPSA) is 131 Å². The van der Waals surface area contributed by atoms with E-state index in [-0.39, 0.29) is 42.9 Å². The van der Waals surface area contributed by atoms with Gasteiger partial charge in [-0.05, 0) is 31.0 Å². The molecule has 0 spiro atoms. The Morgan fingerprint density at radius 1 is 1.26 bits per heavy atom. The Bertz CT molecular complexity index is 1380. The molecule has 0 radical (unpaired) electrons. The van der Waals surface area contributed by atoms with E-state index in [1.54, 1.807) is 0 Å². The van der Waals surface area contributed by atoms with Crippen LogP contribution in [0.2, 0.25) is 0 Å². The highest BCUT2D eigenvalue weighted by Gasteiger charge is 2.30.